The Labute approximate surface area is 141 Å². The highest BCUT2D eigenvalue weighted by atomic mass is 16.3. The van der Waals surface area contributed by atoms with Gasteiger partial charge in [0.1, 0.15) is 5.82 Å². The van der Waals surface area contributed by atoms with Gasteiger partial charge in [0.15, 0.2) is 0 Å². The first-order valence-electron chi connectivity index (χ1n) is 8.80. The molecule has 0 saturated heterocycles. The van der Waals surface area contributed by atoms with Gasteiger partial charge in [0.05, 0.1) is 29.6 Å². The fourth-order valence-corrected chi connectivity index (χ4v) is 3.56. The maximum atomic E-state index is 9.62. The Morgan fingerprint density at radius 2 is 2.08 bits per heavy atom. The van der Waals surface area contributed by atoms with E-state index < -0.39 is 0 Å². The number of aliphatic hydroxyl groups excluding tert-OH is 1. The minimum Gasteiger partial charge on any atom is -0.393 e. The Morgan fingerprint density at radius 3 is 2.92 bits per heavy atom. The number of anilines is 2. The van der Waals surface area contributed by atoms with Crippen molar-refractivity contribution in [3.63, 3.8) is 0 Å². The van der Waals surface area contributed by atoms with Crippen molar-refractivity contribution in [2.45, 2.75) is 57.2 Å². The molecule has 7 heteroatoms. The zero-order valence-corrected chi connectivity index (χ0v) is 13.9. The van der Waals surface area contributed by atoms with Crippen molar-refractivity contribution in [2.75, 3.05) is 17.2 Å². The summed E-state index contributed by atoms with van der Waals surface area (Å²) in [4.78, 5) is 9.04. The standard InChI is InChI=1S/C17H24N6O/c1-11-6-8-18-16-14(10-20-23(11)16)15-7-9-19-17(22-15)21-12-2-4-13(24)5-3-12/h7,9-13,18,24H,2-6,8H2,1H3,(H,19,21,22)/t11?,12-,13-. The number of fused-ring (bicyclic) bond motifs is 1. The quantitative estimate of drug-likeness (QED) is 0.802. The second kappa shape index (κ2) is 6.39. The molecule has 1 saturated carbocycles. The first-order valence-corrected chi connectivity index (χ1v) is 8.80. The predicted octanol–water partition coefficient (Wildman–Crippen LogP) is 2.43. The van der Waals surface area contributed by atoms with E-state index in [4.69, 9.17) is 0 Å². The maximum absolute atomic E-state index is 9.62. The molecule has 0 aromatic carbocycles. The van der Waals surface area contributed by atoms with Gasteiger partial charge in [0, 0.05) is 18.8 Å². The molecule has 3 heterocycles. The third-order valence-corrected chi connectivity index (χ3v) is 5.03. The Balaban J connectivity index is 1.55. The van der Waals surface area contributed by atoms with Crippen LogP contribution in [0.3, 0.4) is 0 Å². The molecule has 4 rings (SSSR count). The number of nitrogens with zero attached hydrogens (tertiary/aromatic N) is 4. The minimum atomic E-state index is -0.151. The molecule has 1 atom stereocenters. The Kier molecular flexibility index (Phi) is 4.10. The van der Waals surface area contributed by atoms with E-state index in [0.29, 0.717) is 18.0 Å². The molecule has 0 amide bonds. The molecule has 3 N–H and O–H groups in total. The van der Waals surface area contributed by atoms with Crippen molar-refractivity contribution in [1.82, 2.24) is 19.7 Å². The monoisotopic (exact) mass is 328 g/mol. The van der Waals surface area contributed by atoms with Crippen LogP contribution in [0.1, 0.15) is 45.1 Å². The van der Waals surface area contributed by atoms with Crippen molar-refractivity contribution in [3.8, 4) is 11.3 Å². The predicted molar refractivity (Wildman–Crippen MR) is 93.0 cm³/mol. The Bertz CT molecular complexity index is 707. The summed E-state index contributed by atoms with van der Waals surface area (Å²) in [5.74, 6) is 1.69. The van der Waals surface area contributed by atoms with Crippen LogP contribution in [0.5, 0.6) is 0 Å². The average molecular weight is 328 g/mol. The summed E-state index contributed by atoms with van der Waals surface area (Å²) in [5.41, 5.74) is 1.90. The van der Waals surface area contributed by atoms with Crippen LogP contribution in [0.15, 0.2) is 18.5 Å². The number of nitrogens with one attached hydrogen (secondary N) is 2. The summed E-state index contributed by atoms with van der Waals surface area (Å²) in [7, 11) is 0. The zero-order valence-electron chi connectivity index (χ0n) is 13.9. The van der Waals surface area contributed by atoms with E-state index in [1.807, 2.05) is 16.9 Å². The van der Waals surface area contributed by atoms with E-state index in [1.165, 1.54) is 0 Å². The van der Waals surface area contributed by atoms with Crippen LogP contribution in [-0.2, 0) is 0 Å². The molecular weight excluding hydrogens is 304 g/mol. The van der Waals surface area contributed by atoms with Crippen molar-refractivity contribution in [3.05, 3.63) is 18.5 Å². The highest BCUT2D eigenvalue weighted by Crippen LogP contribution is 2.32. The van der Waals surface area contributed by atoms with Gasteiger partial charge in [-0.1, -0.05) is 0 Å². The largest absolute Gasteiger partial charge is 0.393 e. The van der Waals surface area contributed by atoms with Crippen molar-refractivity contribution in [1.29, 1.82) is 0 Å². The molecule has 0 radical (unpaired) electrons. The van der Waals surface area contributed by atoms with Crippen LogP contribution in [0, 0.1) is 0 Å². The maximum Gasteiger partial charge on any atom is 0.223 e. The summed E-state index contributed by atoms with van der Waals surface area (Å²) in [6, 6.07) is 2.67. The lowest BCUT2D eigenvalue weighted by Gasteiger charge is -2.26. The number of hydrogen-bond acceptors (Lipinski definition) is 6. The van der Waals surface area contributed by atoms with Gasteiger partial charge in [-0.25, -0.2) is 14.6 Å². The molecule has 128 valence electrons. The van der Waals surface area contributed by atoms with Crippen LogP contribution in [0.25, 0.3) is 11.3 Å². The van der Waals surface area contributed by atoms with Crippen molar-refractivity contribution < 1.29 is 5.11 Å². The molecular formula is C17H24N6O. The van der Waals surface area contributed by atoms with E-state index in [1.54, 1.807) is 6.20 Å². The fraction of sp³-hybridized carbons (Fsp3) is 0.588. The molecule has 2 aliphatic rings. The van der Waals surface area contributed by atoms with Gasteiger partial charge >= 0.3 is 0 Å². The summed E-state index contributed by atoms with van der Waals surface area (Å²) in [6.07, 6.45) is 8.20. The molecule has 1 unspecified atom stereocenters. The Hall–Kier alpha value is -2.15. The Morgan fingerprint density at radius 1 is 1.25 bits per heavy atom. The second-order valence-electron chi connectivity index (χ2n) is 6.83. The van der Waals surface area contributed by atoms with Gasteiger partial charge in [0.25, 0.3) is 0 Å². The van der Waals surface area contributed by atoms with Crippen LogP contribution >= 0.6 is 0 Å². The van der Waals surface area contributed by atoms with Crippen LogP contribution in [0.4, 0.5) is 11.8 Å². The molecule has 1 aliphatic carbocycles. The first-order chi connectivity index (χ1) is 11.7. The summed E-state index contributed by atoms with van der Waals surface area (Å²) in [5, 5.41) is 21.0. The number of aromatic nitrogens is 4. The normalized spacial score (nSPS) is 26.5. The van der Waals surface area contributed by atoms with Crippen molar-refractivity contribution in [2.24, 2.45) is 0 Å². The summed E-state index contributed by atoms with van der Waals surface area (Å²) >= 11 is 0. The average Bonchev–Trinajstić information content (AvgIpc) is 3.03. The van der Waals surface area contributed by atoms with Gasteiger partial charge in [-0.2, -0.15) is 5.10 Å². The molecule has 0 bridgehead atoms. The molecule has 1 aliphatic heterocycles. The smallest absolute Gasteiger partial charge is 0.223 e. The molecule has 24 heavy (non-hydrogen) atoms. The molecule has 7 nitrogen and oxygen atoms in total. The van der Waals surface area contributed by atoms with Crippen LogP contribution in [-0.4, -0.2) is 43.5 Å². The molecule has 2 aromatic heterocycles. The third kappa shape index (κ3) is 2.96. The van der Waals surface area contributed by atoms with Gasteiger partial charge in [0.2, 0.25) is 5.95 Å². The molecule has 1 fully saturated rings. The van der Waals surface area contributed by atoms with Gasteiger partial charge < -0.3 is 15.7 Å². The van der Waals surface area contributed by atoms with Crippen LogP contribution in [0.2, 0.25) is 0 Å². The fourth-order valence-electron chi connectivity index (χ4n) is 3.56. The van der Waals surface area contributed by atoms with E-state index >= 15 is 0 Å². The van der Waals surface area contributed by atoms with Gasteiger partial charge in [-0.15, -0.1) is 0 Å². The lowest BCUT2D eigenvalue weighted by atomic mass is 9.93. The van der Waals surface area contributed by atoms with Crippen molar-refractivity contribution >= 4 is 11.8 Å². The van der Waals surface area contributed by atoms with E-state index in [2.05, 4.69) is 32.6 Å². The van der Waals surface area contributed by atoms with Crippen LogP contribution < -0.4 is 10.6 Å². The highest BCUT2D eigenvalue weighted by molar-refractivity contribution is 5.73. The SMILES string of the molecule is CC1CCNc2c(-c3ccnc(N[C@H]4CC[C@H](O)CC4)n3)cnn21. The number of hydrogen-bond donors (Lipinski definition) is 3. The summed E-state index contributed by atoms with van der Waals surface area (Å²) in [6.45, 7) is 3.14. The molecule has 0 spiro atoms. The number of aliphatic hydroxyl groups is 1. The van der Waals surface area contributed by atoms with Gasteiger partial charge in [-0.05, 0) is 45.1 Å². The minimum absolute atomic E-state index is 0.151. The highest BCUT2D eigenvalue weighted by Gasteiger charge is 2.22. The summed E-state index contributed by atoms with van der Waals surface area (Å²) < 4.78 is 2.04. The second-order valence-corrected chi connectivity index (χ2v) is 6.83. The third-order valence-electron chi connectivity index (χ3n) is 5.03. The molecule has 2 aromatic rings. The lowest BCUT2D eigenvalue weighted by Crippen LogP contribution is -2.28. The topological polar surface area (TPSA) is 87.9 Å². The first kappa shape index (κ1) is 15.4. The zero-order chi connectivity index (χ0) is 16.5. The van der Waals surface area contributed by atoms with Gasteiger partial charge in [-0.3, -0.25) is 0 Å². The van der Waals surface area contributed by atoms with E-state index in [0.717, 1.165) is 55.7 Å². The lowest BCUT2D eigenvalue weighted by molar-refractivity contribution is 0.126. The number of rotatable bonds is 3. The van der Waals surface area contributed by atoms with E-state index in [9.17, 15) is 5.11 Å². The van der Waals surface area contributed by atoms with E-state index in [-0.39, 0.29) is 6.10 Å².